The number of halogens is 1. The summed E-state index contributed by atoms with van der Waals surface area (Å²) in [5, 5.41) is 3.84. The van der Waals surface area contributed by atoms with Crippen LogP contribution in [-0.4, -0.2) is 19.6 Å². The Balaban J connectivity index is 1.69. The summed E-state index contributed by atoms with van der Waals surface area (Å²) < 4.78 is 10.3. The lowest BCUT2D eigenvalue weighted by molar-refractivity contribution is 0.0950. The molecule has 0 saturated carbocycles. The summed E-state index contributed by atoms with van der Waals surface area (Å²) in [6.07, 6.45) is 0.639. The van der Waals surface area contributed by atoms with Crippen molar-refractivity contribution in [2.45, 2.75) is 6.42 Å². The van der Waals surface area contributed by atoms with Crippen molar-refractivity contribution in [1.82, 2.24) is 5.32 Å². The molecule has 0 saturated heterocycles. The second-order valence-electron chi connectivity index (χ2n) is 5.48. The molecule has 0 bridgehead atoms. The molecule has 0 unspecified atom stereocenters. The number of hydrogen-bond donors (Lipinski definition) is 1. The highest BCUT2D eigenvalue weighted by Crippen LogP contribution is 2.18. The highest BCUT2D eigenvalue weighted by atomic mass is 35.5. The second-order valence-corrected chi connectivity index (χ2v) is 5.92. The summed E-state index contributed by atoms with van der Waals surface area (Å²) in [6, 6.07) is 13.9. The number of nitrogens with one attached hydrogen (secondary N) is 1. The molecule has 3 rings (SSSR count). The topological polar surface area (TPSA) is 68.5 Å². The minimum atomic E-state index is -0.670. The van der Waals surface area contributed by atoms with E-state index < -0.39 is 11.5 Å². The summed E-state index contributed by atoms with van der Waals surface area (Å²) in [6.45, 7) is 0.401. The maximum absolute atomic E-state index is 12.3. The molecule has 0 spiro atoms. The van der Waals surface area contributed by atoms with Crippen LogP contribution in [0.15, 0.2) is 57.7 Å². The van der Waals surface area contributed by atoms with Crippen molar-refractivity contribution in [2.24, 2.45) is 0 Å². The van der Waals surface area contributed by atoms with Gasteiger partial charge >= 0.3 is 5.63 Å². The van der Waals surface area contributed by atoms with Gasteiger partial charge < -0.3 is 14.5 Å². The van der Waals surface area contributed by atoms with Gasteiger partial charge in [-0.1, -0.05) is 23.7 Å². The van der Waals surface area contributed by atoms with Crippen molar-refractivity contribution >= 4 is 28.5 Å². The lowest BCUT2D eigenvalue weighted by Crippen LogP contribution is -2.29. The molecule has 0 aliphatic heterocycles. The Morgan fingerprint density at radius 2 is 1.92 bits per heavy atom. The molecule has 1 heterocycles. The van der Waals surface area contributed by atoms with Gasteiger partial charge in [0.15, 0.2) is 0 Å². The minimum Gasteiger partial charge on any atom is -0.497 e. The van der Waals surface area contributed by atoms with Crippen LogP contribution in [0.3, 0.4) is 0 Å². The highest BCUT2D eigenvalue weighted by molar-refractivity contribution is 6.31. The van der Waals surface area contributed by atoms with Gasteiger partial charge in [0.1, 0.15) is 16.9 Å². The zero-order chi connectivity index (χ0) is 17.8. The predicted octanol–water partition coefficient (Wildman–Crippen LogP) is 3.43. The first kappa shape index (κ1) is 17.0. The Bertz CT molecular complexity index is 963. The van der Waals surface area contributed by atoms with Crippen LogP contribution in [0, 0.1) is 0 Å². The standard InChI is InChI=1S/C19H16ClNO4/c1-24-15-5-2-12(3-6-15)8-9-21-18(22)16-11-13-10-14(20)4-7-17(13)25-19(16)23/h2-7,10-11H,8-9H2,1H3,(H,21,22). The maximum atomic E-state index is 12.3. The van der Waals surface area contributed by atoms with Crippen LogP contribution in [0.1, 0.15) is 15.9 Å². The number of rotatable bonds is 5. The molecule has 1 aromatic heterocycles. The van der Waals surface area contributed by atoms with Crippen LogP contribution >= 0.6 is 11.6 Å². The second kappa shape index (κ2) is 7.40. The van der Waals surface area contributed by atoms with Gasteiger partial charge in [-0.25, -0.2) is 4.79 Å². The minimum absolute atomic E-state index is 0.0375. The van der Waals surface area contributed by atoms with Crippen LogP contribution < -0.4 is 15.7 Å². The summed E-state index contributed by atoms with van der Waals surface area (Å²) in [7, 11) is 1.61. The fraction of sp³-hybridized carbons (Fsp3) is 0.158. The van der Waals surface area contributed by atoms with Gasteiger partial charge in [0.2, 0.25) is 0 Å². The van der Waals surface area contributed by atoms with Crippen molar-refractivity contribution in [3.05, 3.63) is 75.1 Å². The Morgan fingerprint density at radius 1 is 1.16 bits per heavy atom. The third kappa shape index (κ3) is 4.00. The summed E-state index contributed by atoms with van der Waals surface area (Å²) in [4.78, 5) is 24.2. The van der Waals surface area contributed by atoms with E-state index in [1.807, 2.05) is 24.3 Å². The number of benzene rings is 2. The van der Waals surface area contributed by atoms with Crippen LogP contribution in [-0.2, 0) is 6.42 Å². The lowest BCUT2D eigenvalue weighted by atomic mass is 10.1. The van der Waals surface area contributed by atoms with Gasteiger partial charge in [0, 0.05) is 17.0 Å². The molecule has 5 nitrogen and oxygen atoms in total. The van der Waals surface area contributed by atoms with Gasteiger partial charge in [0.05, 0.1) is 7.11 Å². The Hall–Kier alpha value is -2.79. The van der Waals surface area contributed by atoms with Crippen molar-refractivity contribution in [1.29, 1.82) is 0 Å². The number of carbonyl (C=O) groups is 1. The molecule has 0 atom stereocenters. The van der Waals surface area contributed by atoms with E-state index in [1.165, 1.54) is 6.07 Å². The number of methoxy groups -OCH3 is 1. The van der Waals surface area contributed by atoms with E-state index in [9.17, 15) is 9.59 Å². The van der Waals surface area contributed by atoms with E-state index in [0.29, 0.717) is 29.0 Å². The van der Waals surface area contributed by atoms with E-state index in [-0.39, 0.29) is 5.56 Å². The van der Waals surface area contributed by atoms with E-state index >= 15 is 0 Å². The first-order valence-electron chi connectivity index (χ1n) is 7.71. The number of amides is 1. The Kier molecular flexibility index (Phi) is 5.05. The largest absolute Gasteiger partial charge is 0.497 e. The van der Waals surface area contributed by atoms with Gasteiger partial charge in [-0.3, -0.25) is 4.79 Å². The van der Waals surface area contributed by atoms with Gasteiger partial charge in [-0.05, 0) is 48.4 Å². The molecular weight excluding hydrogens is 342 g/mol. The van der Waals surface area contributed by atoms with Gasteiger partial charge in [-0.2, -0.15) is 0 Å². The predicted molar refractivity (Wildman–Crippen MR) is 96.5 cm³/mol. The first-order valence-corrected chi connectivity index (χ1v) is 8.09. The van der Waals surface area contributed by atoms with Crippen LogP contribution in [0.25, 0.3) is 11.0 Å². The average molecular weight is 358 g/mol. The molecule has 3 aromatic rings. The number of ether oxygens (including phenoxy) is 1. The molecule has 6 heteroatoms. The molecule has 0 radical (unpaired) electrons. The van der Waals surface area contributed by atoms with Crippen molar-refractivity contribution < 1.29 is 13.9 Å². The lowest BCUT2D eigenvalue weighted by Gasteiger charge is -2.06. The molecule has 128 valence electrons. The van der Waals surface area contributed by atoms with Crippen LogP contribution in [0.2, 0.25) is 5.02 Å². The van der Waals surface area contributed by atoms with Crippen molar-refractivity contribution in [3.8, 4) is 5.75 Å². The van der Waals surface area contributed by atoms with Crippen LogP contribution in [0.5, 0.6) is 5.75 Å². The maximum Gasteiger partial charge on any atom is 0.349 e. The molecular formula is C19H16ClNO4. The van der Waals surface area contributed by atoms with E-state index in [2.05, 4.69) is 5.32 Å². The quantitative estimate of drug-likeness (QED) is 0.710. The Labute approximate surface area is 149 Å². The first-order chi connectivity index (χ1) is 12.1. The monoisotopic (exact) mass is 357 g/mol. The average Bonchev–Trinajstić information content (AvgIpc) is 2.62. The number of fused-ring (bicyclic) bond motifs is 1. The van der Waals surface area contributed by atoms with E-state index in [0.717, 1.165) is 11.3 Å². The van der Waals surface area contributed by atoms with E-state index in [4.69, 9.17) is 20.8 Å². The van der Waals surface area contributed by atoms with Gasteiger partial charge in [-0.15, -0.1) is 0 Å². The fourth-order valence-electron chi connectivity index (χ4n) is 2.46. The Morgan fingerprint density at radius 3 is 2.64 bits per heavy atom. The zero-order valence-electron chi connectivity index (χ0n) is 13.5. The summed E-state index contributed by atoms with van der Waals surface area (Å²) in [5.74, 6) is 0.310. The molecule has 0 aliphatic carbocycles. The SMILES string of the molecule is COc1ccc(CCNC(=O)c2cc3cc(Cl)ccc3oc2=O)cc1. The number of carbonyl (C=O) groups excluding carboxylic acids is 1. The summed E-state index contributed by atoms with van der Waals surface area (Å²) in [5.41, 5.74) is 0.740. The molecule has 2 aromatic carbocycles. The van der Waals surface area contributed by atoms with Crippen molar-refractivity contribution in [2.75, 3.05) is 13.7 Å². The zero-order valence-corrected chi connectivity index (χ0v) is 14.3. The molecule has 1 N–H and O–H groups in total. The molecule has 25 heavy (non-hydrogen) atoms. The van der Waals surface area contributed by atoms with Gasteiger partial charge in [0.25, 0.3) is 5.91 Å². The number of hydrogen-bond acceptors (Lipinski definition) is 4. The third-order valence-corrected chi connectivity index (χ3v) is 4.03. The third-order valence-electron chi connectivity index (χ3n) is 3.80. The van der Waals surface area contributed by atoms with Crippen LogP contribution in [0.4, 0.5) is 0 Å². The highest BCUT2D eigenvalue weighted by Gasteiger charge is 2.13. The van der Waals surface area contributed by atoms with Crippen molar-refractivity contribution in [3.63, 3.8) is 0 Å². The molecule has 0 aliphatic rings. The normalized spacial score (nSPS) is 10.6. The molecule has 1 amide bonds. The van der Waals surface area contributed by atoms with E-state index in [1.54, 1.807) is 25.3 Å². The summed E-state index contributed by atoms with van der Waals surface area (Å²) >= 11 is 5.93. The smallest absolute Gasteiger partial charge is 0.349 e. The molecule has 0 fully saturated rings. The fourth-order valence-corrected chi connectivity index (χ4v) is 2.64.